The van der Waals surface area contributed by atoms with Crippen LogP contribution in [0, 0.1) is 13.8 Å². The zero-order chi connectivity index (χ0) is 14.8. The van der Waals surface area contributed by atoms with E-state index in [2.05, 4.69) is 15.2 Å². The highest BCUT2D eigenvalue weighted by atomic mass is 19.4. The molecule has 0 radical (unpaired) electrons. The Balaban J connectivity index is 1.83. The summed E-state index contributed by atoms with van der Waals surface area (Å²) in [4.78, 5) is 0. The van der Waals surface area contributed by atoms with Gasteiger partial charge in [-0.05, 0) is 26.7 Å². The highest BCUT2D eigenvalue weighted by molar-refractivity contribution is 5.24. The monoisotopic (exact) mass is 291 g/mol. The molecule has 7 heteroatoms. The van der Waals surface area contributed by atoms with Crippen molar-refractivity contribution >= 4 is 0 Å². The lowest BCUT2D eigenvalue weighted by Gasteiger charge is -2.09. The minimum absolute atomic E-state index is 0.0109. The maximum Gasteiger partial charge on any atom is 0.411 e. The van der Waals surface area contributed by atoms with E-state index in [4.69, 9.17) is 0 Å². The minimum atomic E-state index is -4.27. The van der Waals surface area contributed by atoms with Crippen LogP contribution in [0.2, 0.25) is 0 Å². The van der Waals surface area contributed by atoms with E-state index in [0.29, 0.717) is 12.6 Å². The van der Waals surface area contributed by atoms with Crippen LogP contribution in [0.3, 0.4) is 0 Å². The lowest BCUT2D eigenvalue weighted by Crippen LogP contribution is -2.19. The molecule has 1 N–H and O–H groups in total. The van der Waals surface area contributed by atoms with Crippen molar-refractivity contribution in [3.63, 3.8) is 0 Å². The van der Waals surface area contributed by atoms with Gasteiger partial charge < -0.3 is 10.1 Å². The Morgan fingerprint density at radius 2 is 2.05 bits per heavy atom. The molecule has 2 rings (SSSR count). The molecule has 114 valence electrons. The summed E-state index contributed by atoms with van der Waals surface area (Å²) in [6, 6.07) is 0.618. The Kier molecular flexibility index (Phi) is 4.70. The second kappa shape index (κ2) is 6.13. The first-order chi connectivity index (χ1) is 9.37. The SMILES string of the molecule is Cc1nn(CCOCC(F)(F)F)c(C)c1CNC1CC1. The van der Waals surface area contributed by atoms with E-state index >= 15 is 0 Å². The molecule has 1 aliphatic rings. The van der Waals surface area contributed by atoms with Crippen LogP contribution < -0.4 is 5.32 Å². The van der Waals surface area contributed by atoms with Gasteiger partial charge in [-0.2, -0.15) is 18.3 Å². The summed E-state index contributed by atoms with van der Waals surface area (Å²) >= 11 is 0. The third-order valence-electron chi connectivity index (χ3n) is 3.39. The highest BCUT2D eigenvalue weighted by Crippen LogP contribution is 2.21. The van der Waals surface area contributed by atoms with Crippen molar-refractivity contribution in [2.75, 3.05) is 13.2 Å². The van der Waals surface area contributed by atoms with Gasteiger partial charge in [-0.3, -0.25) is 4.68 Å². The van der Waals surface area contributed by atoms with Crippen LogP contribution in [0.4, 0.5) is 13.2 Å². The molecule has 0 atom stereocenters. The lowest BCUT2D eigenvalue weighted by molar-refractivity contribution is -0.174. The third kappa shape index (κ3) is 4.49. The summed E-state index contributed by atoms with van der Waals surface area (Å²) < 4.78 is 42.2. The number of aryl methyl sites for hydroxylation is 1. The molecule has 20 heavy (non-hydrogen) atoms. The number of aromatic nitrogens is 2. The molecule has 0 aromatic carbocycles. The minimum Gasteiger partial charge on any atom is -0.370 e. The van der Waals surface area contributed by atoms with Crippen LogP contribution >= 0.6 is 0 Å². The molecule has 0 amide bonds. The molecule has 0 bridgehead atoms. The van der Waals surface area contributed by atoms with Crippen molar-refractivity contribution in [1.29, 1.82) is 0 Å². The zero-order valence-electron chi connectivity index (χ0n) is 11.8. The zero-order valence-corrected chi connectivity index (χ0v) is 11.8. The standard InChI is InChI=1S/C13H20F3N3O/c1-9-12(7-17-11-3-4-11)10(2)19(18-9)5-6-20-8-13(14,15)16/h11,17H,3-8H2,1-2H3. The molecule has 4 nitrogen and oxygen atoms in total. The largest absolute Gasteiger partial charge is 0.411 e. The topological polar surface area (TPSA) is 39.1 Å². The summed E-state index contributed by atoms with van der Waals surface area (Å²) in [5.41, 5.74) is 3.05. The van der Waals surface area contributed by atoms with Gasteiger partial charge in [0, 0.05) is 23.8 Å². The maximum absolute atomic E-state index is 12.0. The van der Waals surface area contributed by atoms with Crippen molar-refractivity contribution in [2.24, 2.45) is 0 Å². The normalized spacial score (nSPS) is 15.8. The molecule has 0 spiro atoms. The average molecular weight is 291 g/mol. The number of nitrogens with one attached hydrogen (secondary N) is 1. The van der Waals surface area contributed by atoms with Crippen LogP contribution in [0.1, 0.15) is 29.8 Å². The molecule has 1 saturated carbocycles. The van der Waals surface area contributed by atoms with E-state index in [9.17, 15) is 13.2 Å². The first-order valence-electron chi connectivity index (χ1n) is 6.77. The smallest absolute Gasteiger partial charge is 0.370 e. The number of rotatable bonds is 7. The van der Waals surface area contributed by atoms with E-state index in [1.54, 1.807) is 4.68 Å². The molecule has 1 heterocycles. The number of halogens is 3. The summed E-state index contributed by atoms with van der Waals surface area (Å²) in [6.45, 7) is 3.77. The molecular formula is C13H20F3N3O. The van der Waals surface area contributed by atoms with Crippen molar-refractivity contribution < 1.29 is 17.9 Å². The molecule has 0 saturated heterocycles. The van der Waals surface area contributed by atoms with Gasteiger partial charge in [0.05, 0.1) is 18.8 Å². The number of hydrogen-bond acceptors (Lipinski definition) is 3. The van der Waals surface area contributed by atoms with Crippen molar-refractivity contribution in [3.05, 3.63) is 17.0 Å². The Morgan fingerprint density at radius 3 is 2.65 bits per heavy atom. The van der Waals surface area contributed by atoms with Gasteiger partial charge in [0.1, 0.15) is 6.61 Å². The quantitative estimate of drug-likeness (QED) is 0.784. The van der Waals surface area contributed by atoms with Gasteiger partial charge in [-0.1, -0.05) is 0 Å². The van der Waals surface area contributed by atoms with Gasteiger partial charge in [-0.15, -0.1) is 0 Å². The summed E-state index contributed by atoms with van der Waals surface area (Å²) in [6.07, 6.45) is -1.83. The fraction of sp³-hybridized carbons (Fsp3) is 0.769. The van der Waals surface area contributed by atoms with Crippen LogP contribution in [-0.4, -0.2) is 35.2 Å². The van der Waals surface area contributed by atoms with Crippen LogP contribution in [0.25, 0.3) is 0 Å². The van der Waals surface area contributed by atoms with E-state index in [1.807, 2.05) is 13.8 Å². The van der Waals surface area contributed by atoms with Crippen LogP contribution in [0.5, 0.6) is 0 Å². The van der Waals surface area contributed by atoms with Gasteiger partial charge in [0.25, 0.3) is 0 Å². The summed E-state index contributed by atoms with van der Waals surface area (Å²) in [7, 11) is 0. The highest BCUT2D eigenvalue weighted by Gasteiger charge is 2.27. The predicted molar refractivity (Wildman–Crippen MR) is 68.4 cm³/mol. The Hall–Kier alpha value is -1.08. The van der Waals surface area contributed by atoms with Gasteiger partial charge in [-0.25, -0.2) is 0 Å². The number of nitrogens with zero attached hydrogens (tertiary/aromatic N) is 2. The van der Waals surface area contributed by atoms with Crippen molar-refractivity contribution in [2.45, 2.75) is 52.0 Å². The first-order valence-corrected chi connectivity index (χ1v) is 6.77. The van der Waals surface area contributed by atoms with Crippen LogP contribution in [0.15, 0.2) is 0 Å². The van der Waals surface area contributed by atoms with Gasteiger partial charge in [0.15, 0.2) is 0 Å². The summed E-state index contributed by atoms with van der Waals surface area (Å²) in [5, 5.41) is 7.78. The van der Waals surface area contributed by atoms with Crippen molar-refractivity contribution in [3.8, 4) is 0 Å². The second-order valence-corrected chi connectivity index (χ2v) is 5.20. The van der Waals surface area contributed by atoms with E-state index in [1.165, 1.54) is 12.8 Å². The Labute approximate surface area is 116 Å². The number of alkyl halides is 3. The fourth-order valence-corrected chi connectivity index (χ4v) is 2.08. The van der Waals surface area contributed by atoms with E-state index in [0.717, 1.165) is 23.5 Å². The van der Waals surface area contributed by atoms with E-state index < -0.39 is 12.8 Å². The average Bonchev–Trinajstić information content (AvgIpc) is 3.11. The maximum atomic E-state index is 12.0. The number of ether oxygens (including phenoxy) is 1. The van der Waals surface area contributed by atoms with Crippen LogP contribution in [-0.2, 0) is 17.8 Å². The fourth-order valence-electron chi connectivity index (χ4n) is 2.08. The molecule has 0 unspecified atom stereocenters. The van der Waals surface area contributed by atoms with E-state index in [-0.39, 0.29) is 6.61 Å². The second-order valence-electron chi connectivity index (χ2n) is 5.20. The van der Waals surface area contributed by atoms with Gasteiger partial charge in [0.2, 0.25) is 0 Å². The Morgan fingerprint density at radius 1 is 1.35 bits per heavy atom. The molecular weight excluding hydrogens is 271 g/mol. The Bertz CT molecular complexity index is 452. The van der Waals surface area contributed by atoms with Crippen molar-refractivity contribution in [1.82, 2.24) is 15.1 Å². The first kappa shape index (κ1) is 15.3. The van der Waals surface area contributed by atoms with Gasteiger partial charge >= 0.3 is 6.18 Å². The molecule has 1 fully saturated rings. The molecule has 0 aliphatic heterocycles. The number of hydrogen-bond donors (Lipinski definition) is 1. The lowest BCUT2D eigenvalue weighted by atomic mass is 10.2. The molecule has 1 aliphatic carbocycles. The molecule has 1 aromatic rings. The molecule has 1 aromatic heterocycles. The predicted octanol–water partition coefficient (Wildman–Crippen LogP) is 2.33. The third-order valence-corrected chi connectivity index (χ3v) is 3.39. The summed E-state index contributed by atoms with van der Waals surface area (Å²) in [5.74, 6) is 0.